The molecule has 124 valence electrons. The fourth-order valence-corrected chi connectivity index (χ4v) is 2.84. The van der Waals surface area contributed by atoms with Crippen LogP contribution in [0.15, 0.2) is 36.4 Å². The topological polar surface area (TPSA) is 27.1 Å². The molecule has 0 fully saturated rings. The van der Waals surface area contributed by atoms with E-state index < -0.39 is 17.5 Å². The highest BCUT2D eigenvalue weighted by atomic mass is 35.5. The summed E-state index contributed by atoms with van der Waals surface area (Å²) in [5.41, 5.74) is 0.0135. The summed E-state index contributed by atoms with van der Waals surface area (Å²) in [6.45, 7) is 1.61. The Morgan fingerprint density at radius 1 is 1.08 bits per heavy atom. The largest absolute Gasteiger partial charge is 0.497 e. The molecule has 0 spiro atoms. The molecule has 2 aromatic carbocycles. The lowest BCUT2D eigenvalue weighted by Gasteiger charge is -2.13. The van der Waals surface area contributed by atoms with Gasteiger partial charge in [-0.1, -0.05) is 17.7 Å². The summed E-state index contributed by atoms with van der Waals surface area (Å²) in [5.74, 6) is -1.79. The van der Waals surface area contributed by atoms with E-state index in [0.29, 0.717) is 11.5 Å². The number of rotatable bonds is 3. The summed E-state index contributed by atoms with van der Waals surface area (Å²) in [6.07, 6.45) is 0. The Kier molecular flexibility index (Phi) is 4.24. The number of hydrogen-bond donors (Lipinski definition) is 0. The van der Waals surface area contributed by atoms with E-state index in [0.717, 1.165) is 12.1 Å². The monoisotopic (exact) mass is 352 g/mol. The van der Waals surface area contributed by atoms with Gasteiger partial charge in [-0.2, -0.15) is 0 Å². The second-order valence-electron chi connectivity index (χ2n) is 5.08. The Hall–Kier alpha value is -2.47. The molecule has 3 aromatic rings. The van der Waals surface area contributed by atoms with Gasteiger partial charge < -0.3 is 4.74 Å². The summed E-state index contributed by atoms with van der Waals surface area (Å²) in [5, 5.41) is -0.0836. The van der Waals surface area contributed by atoms with E-state index in [2.05, 4.69) is 4.98 Å². The van der Waals surface area contributed by atoms with Gasteiger partial charge in [-0.3, -0.25) is 4.57 Å². The molecule has 3 rings (SSSR count). The minimum atomic E-state index is -0.855. The molecule has 0 N–H and O–H groups in total. The van der Waals surface area contributed by atoms with Crippen LogP contribution >= 0.6 is 11.6 Å². The summed E-state index contributed by atoms with van der Waals surface area (Å²) in [6, 6.07) is 7.68. The molecule has 0 amide bonds. The second-order valence-corrected chi connectivity index (χ2v) is 5.44. The molecule has 0 aliphatic carbocycles. The fourth-order valence-electron chi connectivity index (χ4n) is 2.54. The first-order valence-corrected chi connectivity index (χ1v) is 7.34. The van der Waals surface area contributed by atoms with Crippen molar-refractivity contribution in [3.8, 4) is 22.7 Å². The van der Waals surface area contributed by atoms with Gasteiger partial charge in [-0.05, 0) is 25.1 Å². The summed E-state index contributed by atoms with van der Waals surface area (Å²) in [7, 11) is 1.31. The van der Waals surface area contributed by atoms with Gasteiger partial charge in [0.25, 0.3) is 0 Å². The first kappa shape index (κ1) is 16.4. The SMILES string of the molecule is COc1cc(F)c(-c2c(Cl)nc(C)n2-c2cccc(F)c2)c(F)c1. The van der Waals surface area contributed by atoms with Crippen LogP contribution in [0.2, 0.25) is 5.15 Å². The summed E-state index contributed by atoms with van der Waals surface area (Å²) < 4.78 is 48.7. The lowest BCUT2D eigenvalue weighted by molar-refractivity contribution is 0.407. The Balaban J connectivity index is 2.31. The predicted octanol–water partition coefficient (Wildman–Crippen LogP) is 4.93. The highest BCUT2D eigenvalue weighted by Gasteiger charge is 2.24. The number of nitrogens with zero attached hydrogens (tertiary/aromatic N) is 2. The van der Waals surface area contributed by atoms with Crippen molar-refractivity contribution in [1.29, 1.82) is 0 Å². The van der Waals surface area contributed by atoms with E-state index in [1.165, 1.54) is 29.9 Å². The van der Waals surface area contributed by atoms with Crippen molar-refractivity contribution in [2.24, 2.45) is 0 Å². The van der Waals surface area contributed by atoms with Crippen molar-refractivity contribution in [1.82, 2.24) is 9.55 Å². The van der Waals surface area contributed by atoms with Crippen LogP contribution in [0.1, 0.15) is 5.82 Å². The smallest absolute Gasteiger partial charge is 0.155 e. The third-order valence-electron chi connectivity index (χ3n) is 3.56. The zero-order chi connectivity index (χ0) is 17.4. The number of aromatic nitrogens is 2. The summed E-state index contributed by atoms with van der Waals surface area (Å²) in [4.78, 5) is 4.06. The Morgan fingerprint density at radius 2 is 1.75 bits per heavy atom. The molecule has 1 aromatic heterocycles. The number of benzene rings is 2. The highest BCUT2D eigenvalue weighted by Crippen LogP contribution is 2.36. The van der Waals surface area contributed by atoms with Crippen molar-refractivity contribution in [3.05, 3.63) is 64.8 Å². The molecular weight excluding hydrogens is 341 g/mol. The first-order valence-electron chi connectivity index (χ1n) is 6.96. The third-order valence-corrected chi connectivity index (χ3v) is 3.82. The third kappa shape index (κ3) is 2.73. The Labute approximate surface area is 141 Å². The molecule has 1 heterocycles. The van der Waals surface area contributed by atoms with Crippen molar-refractivity contribution in [2.45, 2.75) is 6.92 Å². The zero-order valence-electron chi connectivity index (χ0n) is 12.8. The summed E-state index contributed by atoms with van der Waals surface area (Å²) >= 11 is 6.10. The molecule has 24 heavy (non-hydrogen) atoms. The van der Waals surface area contributed by atoms with E-state index in [9.17, 15) is 13.2 Å². The van der Waals surface area contributed by atoms with Crippen LogP contribution in [0.3, 0.4) is 0 Å². The van der Waals surface area contributed by atoms with E-state index in [-0.39, 0.29) is 22.2 Å². The number of imidazole rings is 1. The molecule has 3 nitrogen and oxygen atoms in total. The Bertz CT molecular complexity index is 901. The van der Waals surface area contributed by atoms with Gasteiger partial charge in [-0.15, -0.1) is 0 Å². The van der Waals surface area contributed by atoms with Gasteiger partial charge in [-0.25, -0.2) is 18.2 Å². The Morgan fingerprint density at radius 3 is 2.33 bits per heavy atom. The average molecular weight is 353 g/mol. The molecule has 0 saturated heterocycles. The van der Waals surface area contributed by atoms with Crippen molar-refractivity contribution < 1.29 is 17.9 Å². The van der Waals surface area contributed by atoms with Crippen LogP contribution < -0.4 is 4.74 Å². The normalized spacial score (nSPS) is 10.9. The van der Waals surface area contributed by atoms with Gasteiger partial charge in [0, 0.05) is 12.1 Å². The van der Waals surface area contributed by atoms with Crippen LogP contribution in [0.4, 0.5) is 13.2 Å². The number of hydrogen-bond acceptors (Lipinski definition) is 2. The van der Waals surface area contributed by atoms with Crippen molar-refractivity contribution in [3.63, 3.8) is 0 Å². The molecule has 7 heteroatoms. The van der Waals surface area contributed by atoms with E-state index in [4.69, 9.17) is 16.3 Å². The molecule has 0 saturated carbocycles. The number of ether oxygens (including phenoxy) is 1. The molecule has 0 aliphatic heterocycles. The van der Waals surface area contributed by atoms with E-state index >= 15 is 0 Å². The fraction of sp³-hybridized carbons (Fsp3) is 0.118. The molecule has 0 atom stereocenters. The number of aryl methyl sites for hydroxylation is 1. The average Bonchev–Trinajstić information content (AvgIpc) is 2.81. The maximum absolute atomic E-state index is 14.5. The molecule has 0 unspecified atom stereocenters. The second kappa shape index (κ2) is 6.20. The van der Waals surface area contributed by atoms with Gasteiger partial charge in [0.05, 0.1) is 24.1 Å². The van der Waals surface area contributed by atoms with Crippen molar-refractivity contribution >= 4 is 11.6 Å². The van der Waals surface area contributed by atoms with Gasteiger partial charge >= 0.3 is 0 Å². The number of halogens is 4. The van der Waals surface area contributed by atoms with Crippen LogP contribution in [-0.4, -0.2) is 16.7 Å². The molecule has 0 bridgehead atoms. The van der Waals surface area contributed by atoms with Crippen LogP contribution in [-0.2, 0) is 0 Å². The van der Waals surface area contributed by atoms with Gasteiger partial charge in [0.1, 0.15) is 29.0 Å². The quantitative estimate of drug-likeness (QED) is 0.668. The standard InChI is InChI=1S/C17H12ClF3N2O/c1-9-22-17(18)16(23(9)11-5-3-4-10(19)6-11)15-13(20)7-12(24-2)8-14(15)21/h3-8H,1-2H3. The van der Waals surface area contributed by atoms with Crippen LogP contribution in [0.5, 0.6) is 5.75 Å². The highest BCUT2D eigenvalue weighted by molar-refractivity contribution is 6.32. The van der Waals surface area contributed by atoms with Gasteiger partial charge in [0.15, 0.2) is 5.15 Å². The molecule has 0 aliphatic rings. The van der Waals surface area contributed by atoms with Gasteiger partial charge in [0.2, 0.25) is 0 Å². The van der Waals surface area contributed by atoms with Crippen LogP contribution in [0, 0.1) is 24.4 Å². The predicted molar refractivity (Wildman–Crippen MR) is 85.2 cm³/mol. The maximum atomic E-state index is 14.5. The lowest BCUT2D eigenvalue weighted by atomic mass is 10.1. The minimum Gasteiger partial charge on any atom is -0.497 e. The zero-order valence-corrected chi connectivity index (χ0v) is 13.5. The molecule has 0 radical (unpaired) electrons. The van der Waals surface area contributed by atoms with Crippen molar-refractivity contribution in [2.75, 3.05) is 7.11 Å². The lowest BCUT2D eigenvalue weighted by Crippen LogP contribution is -2.03. The first-order chi connectivity index (χ1) is 11.4. The van der Waals surface area contributed by atoms with Crippen LogP contribution in [0.25, 0.3) is 16.9 Å². The molecular formula is C17H12ClF3N2O. The maximum Gasteiger partial charge on any atom is 0.155 e. The minimum absolute atomic E-state index is 0.0115. The van der Waals surface area contributed by atoms with E-state index in [1.807, 2.05) is 0 Å². The van der Waals surface area contributed by atoms with E-state index in [1.54, 1.807) is 13.0 Å². The number of methoxy groups -OCH3 is 1.